The number of amides is 1. The molecule has 1 atom stereocenters. The molecule has 3 aromatic heterocycles. The summed E-state index contributed by atoms with van der Waals surface area (Å²) in [5.74, 6) is 0.343. The lowest BCUT2D eigenvalue weighted by Crippen LogP contribution is -2.73. The number of ether oxygens (including phenoxy) is 1. The smallest absolute Gasteiger partial charge is 0.238 e. The van der Waals surface area contributed by atoms with Crippen molar-refractivity contribution in [3.63, 3.8) is 0 Å². The molecular weight excluding hydrogens is 555 g/mol. The first-order valence-corrected chi connectivity index (χ1v) is 15.0. The van der Waals surface area contributed by atoms with Crippen molar-refractivity contribution in [1.82, 2.24) is 24.6 Å². The zero-order valence-electron chi connectivity index (χ0n) is 23.8. The Hall–Kier alpha value is -4.08. The van der Waals surface area contributed by atoms with Crippen molar-refractivity contribution in [3.8, 4) is 17.3 Å². The second-order valence-corrected chi connectivity index (χ2v) is 12.6. The molecule has 7 rings (SSSR count). The van der Waals surface area contributed by atoms with Gasteiger partial charge in [-0.25, -0.2) is 9.67 Å². The van der Waals surface area contributed by atoms with Crippen LogP contribution in [0.5, 0.6) is 0 Å². The van der Waals surface area contributed by atoms with Crippen LogP contribution in [0.15, 0.2) is 30.3 Å². The Kier molecular flexibility index (Phi) is 6.40. The first kappa shape index (κ1) is 26.8. The maximum absolute atomic E-state index is 15.3. The predicted molar refractivity (Wildman–Crippen MR) is 158 cm³/mol. The Balaban J connectivity index is 1.15. The van der Waals surface area contributed by atoms with Crippen LogP contribution in [-0.2, 0) is 16.1 Å². The number of carbonyl (C=O) groups excluding carboxylic acids is 1. The minimum Gasteiger partial charge on any atom is -0.381 e. The first-order valence-electron chi connectivity index (χ1n) is 14.2. The molecular formula is C30H31FN8O2S. The largest absolute Gasteiger partial charge is 0.381 e. The van der Waals surface area contributed by atoms with Crippen molar-refractivity contribution in [2.75, 3.05) is 56.2 Å². The van der Waals surface area contributed by atoms with Gasteiger partial charge in [0.15, 0.2) is 10.8 Å². The van der Waals surface area contributed by atoms with Crippen LogP contribution in [-0.4, -0.2) is 77.0 Å². The fourth-order valence-corrected chi connectivity index (χ4v) is 7.22. The topological polar surface area (TPSA) is 103 Å². The van der Waals surface area contributed by atoms with E-state index in [4.69, 9.17) is 9.72 Å². The van der Waals surface area contributed by atoms with Gasteiger partial charge in [-0.3, -0.25) is 4.79 Å². The summed E-state index contributed by atoms with van der Waals surface area (Å²) in [6.07, 6.45) is 0.791. The molecule has 0 radical (unpaired) electrons. The van der Waals surface area contributed by atoms with Crippen molar-refractivity contribution in [1.29, 1.82) is 5.26 Å². The Bertz CT molecular complexity index is 1720. The molecule has 6 heterocycles. The third-order valence-corrected chi connectivity index (χ3v) is 9.66. The van der Waals surface area contributed by atoms with E-state index < -0.39 is 5.95 Å². The van der Waals surface area contributed by atoms with Crippen LogP contribution in [0.3, 0.4) is 0 Å². The molecule has 0 bridgehead atoms. The predicted octanol–water partition coefficient (Wildman–Crippen LogP) is 4.35. The van der Waals surface area contributed by atoms with Gasteiger partial charge < -0.3 is 19.4 Å². The van der Waals surface area contributed by atoms with Crippen LogP contribution in [0.1, 0.15) is 23.8 Å². The van der Waals surface area contributed by atoms with E-state index in [0.717, 1.165) is 23.4 Å². The normalized spacial score (nSPS) is 19.2. The number of halogens is 1. The monoisotopic (exact) mass is 586 g/mol. The summed E-state index contributed by atoms with van der Waals surface area (Å²) in [7, 11) is 1.89. The van der Waals surface area contributed by atoms with Crippen LogP contribution in [0.2, 0.25) is 0 Å². The van der Waals surface area contributed by atoms with Gasteiger partial charge in [0.1, 0.15) is 22.5 Å². The highest BCUT2D eigenvalue weighted by Crippen LogP contribution is 2.45. The van der Waals surface area contributed by atoms with Crippen molar-refractivity contribution in [3.05, 3.63) is 46.7 Å². The van der Waals surface area contributed by atoms with Crippen LogP contribution in [0.25, 0.3) is 22.3 Å². The van der Waals surface area contributed by atoms with Crippen molar-refractivity contribution in [2.45, 2.75) is 26.8 Å². The van der Waals surface area contributed by atoms with E-state index in [1.165, 1.54) is 11.3 Å². The van der Waals surface area contributed by atoms with Crippen LogP contribution in [0.4, 0.5) is 21.0 Å². The number of thiazole rings is 1. The fourth-order valence-electron chi connectivity index (χ4n) is 6.38. The van der Waals surface area contributed by atoms with E-state index in [0.29, 0.717) is 78.4 Å². The number of carbonyl (C=O) groups is 1. The van der Waals surface area contributed by atoms with E-state index in [9.17, 15) is 10.1 Å². The molecule has 1 aromatic carbocycles. The molecule has 3 fully saturated rings. The number of likely N-dealkylation sites (tertiary alicyclic amines) is 1. The van der Waals surface area contributed by atoms with Crippen LogP contribution < -0.4 is 9.80 Å². The number of hydrogen-bond donors (Lipinski definition) is 0. The van der Waals surface area contributed by atoms with Gasteiger partial charge in [-0.1, -0.05) is 41.2 Å². The lowest BCUT2D eigenvalue weighted by Gasteiger charge is -2.61. The Morgan fingerprint density at radius 2 is 2.00 bits per heavy atom. The van der Waals surface area contributed by atoms with E-state index in [1.807, 2.05) is 65.9 Å². The molecule has 12 heteroatoms. The summed E-state index contributed by atoms with van der Waals surface area (Å²) >= 11 is 1.31. The average molecular weight is 587 g/mol. The SMILES string of the molecule is CCn1nc2nc(F)c(N3CC4(CN(C(=O)[C@H]5CCOC5)C4)C3)cc2c1N(C)c1nc(-c2ccc(C)cc2)c(C#N)s1. The quantitative estimate of drug-likeness (QED) is 0.308. The highest BCUT2D eigenvalue weighted by Gasteiger charge is 2.54. The molecule has 0 saturated carbocycles. The molecule has 1 spiro atoms. The number of benzene rings is 1. The average Bonchev–Trinajstić information content (AvgIpc) is 3.70. The summed E-state index contributed by atoms with van der Waals surface area (Å²) in [5.41, 5.74) is 3.42. The summed E-state index contributed by atoms with van der Waals surface area (Å²) in [6, 6.07) is 12.1. The van der Waals surface area contributed by atoms with Crippen molar-refractivity contribution in [2.24, 2.45) is 11.3 Å². The Labute approximate surface area is 246 Å². The van der Waals surface area contributed by atoms with Crippen LogP contribution in [0, 0.1) is 35.5 Å². The lowest BCUT2D eigenvalue weighted by molar-refractivity contribution is -0.149. The third kappa shape index (κ3) is 4.30. The molecule has 42 heavy (non-hydrogen) atoms. The molecule has 4 aromatic rings. The van der Waals surface area contributed by atoms with Crippen molar-refractivity contribution < 1.29 is 13.9 Å². The number of rotatable bonds is 6. The molecule has 0 unspecified atom stereocenters. The fraction of sp³-hybridized carbons (Fsp3) is 0.433. The zero-order valence-corrected chi connectivity index (χ0v) is 24.6. The maximum Gasteiger partial charge on any atom is 0.238 e. The van der Waals surface area contributed by atoms with Crippen LogP contribution >= 0.6 is 11.3 Å². The second-order valence-electron chi connectivity index (χ2n) is 11.6. The van der Waals surface area contributed by atoms with Gasteiger partial charge in [0, 0.05) is 57.4 Å². The maximum atomic E-state index is 15.3. The minimum atomic E-state index is -0.551. The number of anilines is 3. The zero-order chi connectivity index (χ0) is 29.2. The number of pyridine rings is 1. The highest BCUT2D eigenvalue weighted by molar-refractivity contribution is 7.16. The molecule has 0 N–H and O–H groups in total. The number of nitrogens with zero attached hydrogens (tertiary/aromatic N) is 8. The summed E-state index contributed by atoms with van der Waals surface area (Å²) in [4.78, 5) is 28.2. The van der Waals surface area contributed by atoms with Gasteiger partial charge >= 0.3 is 0 Å². The molecule has 216 valence electrons. The van der Waals surface area contributed by atoms with E-state index in [1.54, 1.807) is 4.68 Å². The standard InChI is InChI=1S/C30H31FN8O2S/c1-4-39-27(36(3)29-33-24(23(12-32)42-29)19-7-5-18(2)6-8-19)21-11-22(25(31)34-26(21)35-39)37-14-30(15-37)16-38(17-30)28(40)20-9-10-41-13-20/h5-8,11,20H,4,9-10,13-17H2,1-3H3/t20-/m0/s1. The second kappa shape index (κ2) is 10.0. The van der Waals surface area contributed by atoms with Gasteiger partial charge in [0.05, 0.1) is 23.6 Å². The number of hydrogen-bond acceptors (Lipinski definition) is 9. The molecule has 1 amide bonds. The van der Waals surface area contributed by atoms with E-state index in [2.05, 4.69) is 16.2 Å². The summed E-state index contributed by atoms with van der Waals surface area (Å²) in [6.45, 7) is 8.46. The number of fused-ring (bicyclic) bond motifs is 1. The third-order valence-electron chi connectivity index (χ3n) is 8.62. The first-order chi connectivity index (χ1) is 20.3. The van der Waals surface area contributed by atoms with Gasteiger partial charge in [0.2, 0.25) is 11.9 Å². The van der Waals surface area contributed by atoms with Gasteiger partial charge in [-0.2, -0.15) is 19.7 Å². The molecule has 0 aliphatic carbocycles. The number of aromatic nitrogens is 4. The molecule has 10 nitrogen and oxygen atoms in total. The molecule has 3 saturated heterocycles. The van der Waals surface area contributed by atoms with Gasteiger partial charge in [-0.15, -0.1) is 0 Å². The summed E-state index contributed by atoms with van der Waals surface area (Å²) in [5, 5.41) is 15.8. The molecule has 3 aliphatic heterocycles. The molecule has 3 aliphatic rings. The number of nitriles is 1. The van der Waals surface area contributed by atoms with Gasteiger partial charge in [0.25, 0.3) is 0 Å². The highest BCUT2D eigenvalue weighted by atomic mass is 32.1. The summed E-state index contributed by atoms with van der Waals surface area (Å²) < 4.78 is 22.5. The van der Waals surface area contributed by atoms with E-state index in [-0.39, 0.29) is 17.2 Å². The lowest BCUT2D eigenvalue weighted by atomic mass is 9.72. The van der Waals surface area contributed by atoms with Crippen molar-refractivity contribution >= 4 is 44.9 Å². The Morgan fingerprint density at radius 1 is 1.24 bits per heavy atom. The van der Waals surface area contributed by atoms with Gasteiger partial charge in [-0.05, 0) is 26.3 Å². The minimum absolute atomic E-state index is 0.00467. The Morgan fingerprint density at radius 3 is 2.67 bits per heavy atom. The number of aryl methyl sites for hydroxylation is 2. The van der Waals surface area contributed by atoms with E-state index >= 15 is 4.39 Å².